The van der Waals surface area contributed by atoms with E-state index >= 15 is 0 Å². The Morgan fingerprint density at radius 2 is 1.48 bits per heavy atom. The normalized spacial score (nSPS) is 22.0. The summed E-state index contributed by atoms with van der Waals surface area (Å²) < 4.78 is 0. The minimum absolute atomic E-state index is 0.347. The lowest BCUT2D eigenvalue weighted by Crippen LogP contribution is -2.04. The largest absolute Gasteiger partial charge is 0.192 e. The molecule has 4 aromatic carbocycles. The summed E-state index contributed by atoms with van der Waals surface area (Å²) in [4.78, 5) is 0. The predicted octanol–water partition coefficient (Wildman–Crippen LogP) is 6.74. The third kappa shape index (κ3) is 2.27. The Hall–Kier alpha value is -3.62. The zero-order valence-corrected chi connectivity index (χ0v) is 15.9. The predicted molar refractivity (Wildman–Crippen MR) is 117 cm³/mol. The number of hydrogen-bond acceptors (Lipinski definition) is 2. The first-order valence-corrected chi connectivity index (χ1v) is 10.2. The van der Waals surface area contributed by atoms with Crippen molar-refractivity contribution in [2.24, 2.45) is 11.8 Å². The van der Waals surface area contributed by atoms with Crippen molar-refractivity contribution >= 4 is 38.4 Å². The lowest BCUT2D eigenvalue weighted by Gasteiger charge is -2.18. The van der Waals surface area contributed by atoms with Crippen LogP contribution in [0.15, 0.2) is 71.3 Å². The van der Waals surface area contributed by atoms with E-state index in [0.29, 0.717) is 17.4 Å². The van der Waals surface area contributed by atoms with E-state index in [9.17, 15) is 10.5 Å². The van der Waals surface area contributed by atoms with Crippen LogP contribution in [0.4, 0.5) is 0 Å². The summed E-state index contributed by atoms with van der Waals surface area (Å²) in [5.74, 6) is 0.852. The molecule has 4 aromatic rings. The van der Waals surface area contributed by atoms with Crippen molar-refractivity contribution in [3.05, 3.63) is 76.9 Å². The highest BCUT2D eigenvalue weighted by atomic mass is 14.4. The lowest BCUT2D eigenvalue weighted by atomic mass is 9.86. The van der Waals surface area contributed by atoms with Crippen LogP contribution in [0.2, 0.25) is 0 Å². The lowest BCUT2D eigenvalue weighted by molar-refractivity contribution is 0.686. The molecule has 2 aliphatic rings. The van der Waals surface area contributed by atoms with Gasteiger partial charge in [0.05, 0.1) is 0 Å². The van der Waals surface area contributed by atoms with Gasteiger partial charge in [0.2, 0.25) is 0 Å². The summed E-state index contributed by atoms with van der Waals surface area (Å²) in [6, 6.07) is 24.1. The molecule has 29 heavy (non-hydrogen) atoms. The van der Waals surface area contributed by atoms with Gasteiger partial charge < -0.3 is 0 Å². The molecule has 2 aliphatic carbocycles. The molecular formula is C27H18N2. The monoisotopic (exact) mass is 370 g/mol. The number of allylic oxidation sites excluding steroid dienone is 3. The minimum atomic E-state index is 0.347. The van der Waals surface area contributed by atoms with E-state index in [2.05, 4.69) is 72.8 Å². The average Bonchev–Trinajstić information content (AvgIpc) is 3.35. The van der Waals surface area contributed by atoms with Gasteiger partial charge in [-0.2, -0.15) is 10.5 Å². The molecule has 0 heterocycles. The number of hydrogen-bond donors (Lipinski definition) is 0. The highest BCUT2D eigenvalue weighted by Crippen LogP contribution is 2.53. The van der Waals surface area contributed by atoms with Gasteiger partial charge in [0.1, 0.15) is 17.7 Å². The fourth-order valence-corrected chi connectivity index (χ4v) is 5.68. The third-order valence-electron chi connectivity index (χ3n) is 6.98. The summed E-state index contributed by atoms with van der Waals surface area (Å²) in [7, 11) is 0. The molecule has 2 unspecified atom stereocenters. The van der Waals surface area contributed by atoms with Gasteiger partial charge in [-0.05, 0) is 74.6 Å². The molecule has 2 nitrogen and oxygen atoms in total. The standard InChI is InChI=1S/C27H18N2/c28-14-23(15-29)25-13-21-12-22(25)11-20(21)10-19-7-6-18-5-4-16-2-1-3-17-8-9-24(19)27(18)26(16)17/h1-10,21-22H,11-13H2/b20-10+. The molecule has 136 valence electrons. The quantitative estimate of drug-likeness (QED) is 0.275. The van der Waals surface area contributed by atoms with Crippen molar-refractivity contribution in [3.8, 4) is 12.1 Å². The number of nitriles is 2. The van der Waals surface area contributed by atoms with Crippen LogP contribution in [0.3, 0.4) is 0 Å². The maximum atomic E-state index is 9.22. The van der Waals surface area contributed by atoms with E-state index in [-0.39, 0.29) is 0 Å². The molecule has 0 N–H and O–H groups in total. The van der Waals surface area contributed by atoms with Gasteiger partial charge in [0.15, 0.2) is 0 Å². The highest BCUT2D eigenvalue weighted by molar-refractivity contribution is 6.24. The molecule has 2 bridgehead atoms. The fourth-order valence-electron chi connectivity index (χ4n) is 5.68. The maximum absolute atomic E-state index is 9.22. The van der Waals surface area contributed by atoms with Crippen LogP contribution in [-0.4, -0.2) is 0 Å². The van der Waals surface area contributed by atoms with Crippen molar-refractivity contribution < 1.29 is 0 Å². The van der Waals surface area contributed by atoms with Crippen LogP contribution in [0.1, 0.15) is 24.8 Å². The number of benzene rings is 4. The minimum Gasteiger partial charge on any atom is -0.192 e. The van der Waals surface area contributed by atoms with Crippen molar-refractivity contribution in [3.63, 3.8) is 0 Å². The van der Waals surface area contributed by atoms with E-state index in [1.165, 1.54) is 43.5 Å². The van der Waals surface area contributed by atoms with E-state index in [1.807, 2.05) is 0 Å². The van der Waals surface area contributed by atoms with E-state index in [1.54, 1.807) is 0 Å². The molecule has 0 aliphatic heterocycles. The number of fused-ring (bicyclic) bond motifs is 2. The van der Waals surface area contributed by atoms with Gasteiger partial charge in [-0.15, -0.1) is 0 Å². The van der Waals surface area contributed by atoms with Gasteiger partial charge in [0.25, 0.3) is 0 Å². The molecular weight excluding hydrogens is 352 g/mol. The second-order valence-corrected chi connectivity index (χ2v) is 8.39. The first-order valence-electron chi connectivity index (χ1n) is 10.2. The molecule has 0 radical (unpaired) electrons. The first-order chi connectivity index (χ1) is 14.3. The van der Waals surface area contributed by atoms with Gasteiger partial charge in [-0.3, -0.25) is 0 Å². The average molecular weight is 370 g/mol. The SMILES string of the molecule is N#CC(C#N)=C1CC2CC1C/C2=C\c1ccc2ccc3cccc4ccc1c2c34. The van der Waals surface area contributed by atoms with Gasteiger partial charge in [-0.1, -0.05) is 66.2 Å². The van der Waals surface area contributed by atoms with E-state index in [4.69, 9.17) is 0 Å². The summed E-state index contributed by atoms with van der Waals surface area (Å²) in [5, 5.41) is 26.3. The Kier molecular flexibility index (Phi) is 3.35. The topological polar surface area (TPSA) is 47.6 Å². The van der Waals surface area contributed by atoms with Crippen LogP contribution in [0.5, 0.6) is 0 Å². The Labute approximate surface area is 169 Å². The molecule has 0 aromatic heterocycles. The molecule has 0 saturated heterocycles. The highest BCUT2D eigenvalue weighted by Gasteiger charge is 2.40. The zero-order chi connectivity index (χ0) is 19.5. The Bertz CT molecular complexity index is 1420. The molecule has 2 fully saturated rings. The zero-order valence-electron chi connectivity index (χ0n) is 15.9. The number of rotatable bonds is 1. The molecule has 2 heteroatoms. The molecule has 0 amide bonds. The Morgan fingerprint density at radius 3 is 2.17 bits per heavy atom. The molecule has 2 saturated carbocycles. The summed E-state index contributed by atoms with van der Waals surface area (Å²) in [6.07, 6.45) is 5.32. The van der Waals surface area contributed by atoms with Gasteiger partial charge in [-0.25, -0.2) is 0 Å². The van der Waals surface area contributed by atoms with E-state index < -0.39 is 0 Å². The van der Waals surface area contributed by atoms with Crippen LogP contribution in [0, 0.1) is 34.5 Å². The van der Waals surface area contributed by atoms with Crippen molar-refractivity contribution in [1.29, 1.82) is 10.5 Å². The van der Waals surface area contributed by atoms with Crippen molar-refractivity contribution in [2.45, 2.75) is 19.3 Å². The van der Waals surface area contributed by atoms with E-state index in [0.717, 1.165) is 24.8 Å². The second kappa shape index (κ2) is 5.94. The fraction of sp³-hybridized carbons (Fsp3) is 0.185. The smallest absolute Gasteiger partial charge is 0.129 e. The third-order valence-corrected chi connectivity index (χ3v) is 6.98. The summed E-state index contributed by atoms with van der Waals surface area (Å²) in [5.41, 5.74) is 4.19. The first kappa shape index (κ1) is 16.3. The van der Waals surface area contributed by atoms with Crippen LogP contribution < -0.4 is 0 Å². The second-order valence-electron chi connectivity index (χ2n) is 8.39. The van der Waals surface area contributed by atoms with Crippen molar-refractivity contribution in [1.82, 2.24) is 0 Å². The summed E-state index contributed by atoms with van der Waals surface area (Å²) in [6.45, 7) is 0. The maximum Gasteiger partial charge on any atom is 0.129 e. The number of nitrogens with zero attached hydrogens (tertiary/aromatic N) is 2. The Morgan fingerprint density at radius 1 is 0.793 bits per heavy atom. The van der Waals surface area contributed by atoms with Gasteiger partial charge in [0, 0.05) is 0 Å². The van der Waals surface area contributed by atoms with Crippen LogP contribution >= 0.6 is 0 Å². The molecule has 6 rings (SSSR count). The summed E-state index contributed by atoms with van der Waals surface area (Å²) >= 11 is 0. The van der Waals surface area contributed by atoms with Crippen LogP contribution in [-0.2, 0) is 0 Å². The van der Waals surface area contributed by atoms with Gasteiger partial charge >= 0.3 is 0 Å². The molecule has 2 atom stereocenters. The molecule has 0 spiro atoms. The van der Waals surface area contributed by atoms with Crippen LogP contribution in [0.25, 0.3) is 38.4 Å². The Balaban J connectivity index is 1.50. The van der Waals surface area contributed by atoms with Crippen molar-refractivity contribution in [2.75, 3.05) is 0 Å².